The Morgan fingerprint density at radius 1 is 0.852 bits per heavy atom. The Labute approximate surface area is 162 Å². The topological polar surface area (TPSA) is 26.8 Å². The smallest absolute Gasteiger partial charge is 0.234 e. The molecule has 2 aliphatic heterocycles. The highest BCUT2D eigenvalue weighted by Crippen LogP contribution is 2.29. The van der Waals surface area contributed by atoms with Gasteiger partial charge >= 0.3 is 0 Å². The molecular weight excluding hydrogens is 334 g/mol. The van der Waals surface area contributed by atoms with Gasteiger partial charge < -0.3 is 9.80 Å². The van der Waals surface area contributed by atoms with Gasteiger partial charge in [-0.3, -0.25) is 9.69 Å². The summed E-state index contributed by atoms with van der Waals surface area (Å²) in [5.74, 6) is 0.0302. The Bertz CT molecular complexity index is 701. The number of likely N-dealkylation sites (N-methyl/N-ethyl adjacent to an activating group) is 1. The molecule has 0 bridgehead atoms. The molecule has 0 spiro atoms. The molecule has 0 aromatic heterocycles. The van der Waals surface area contributed by atoms with Crippen LogP contribution in [-0.4, -0.2) is 73.0 Å². The zero-order valence-electron chi connectivity index (χ0n) is 16.1. The van der Waals surface area contributed by atoms with Crippen molar-refractivity contribution in [2.24, 2.45) is 0 Å². The van der Waals surface area contributed by atoms with Gasteiger partial charge in [-0.15, -0.1) is 0 Å². The maximum absolute atomic E-state index is 13.5. The fourth-order valence-electron chi connectivity index (χ4n) is 4.38. The van der Waals surface area contributed by atoms with E-state index in [0.29, 0.717) is 6.04 Å². The molecule has 4 rings (SSSR count). The Morgan fingerprint density at radius 2 is 1.41 bits per heavy atom. The van der Waals surface area contributed by atoms with Crippen LogP contribution in [0.15, 0.2) is 60.7 Å². The quantitative estimate of drug-likeness (QED) is 0.836. The van der Waals surface area contributed by atoms with Crippen LogP contribution in [0.4, 0.5) is 0 Å². The van der Waals surface area contributed by atoms with Crippen LogP contribution in [0, 0.1) is 0 Å². The largest absolute Gasteiger partial charge is 0.340 e. The Balaban J connectivity index is 1.51. The molecule has 2 aromatic rings. The summed E-state index contributed by atoms with van der Waals surface area (Å²) in [5, 5.41) is 0. The molecular formula is C23H29N3O. The second kappa shape index (κ2) is 8.24. The molecule has 27 heavy (non-hydrogen) atoms. The maximum Gasteiger partial charge on any atom is 0.234 e. The molecule has 2 heterocycles. The average molecular weight is 364 g/mol. The predicted molar refractivity (Wildman–Crippen MR) is 109 cm³/mol. The lowest BCUT2D eigenvalue weighted by atomic mass is 9.90. The van der Waals surface area contributed by atoms with Crippen LogP contribution in [0.25, 0.3) is 0 Å². The standard InChI is InChI=1S/C23H29N3O/c1-24-14-16-25(17-15-24)21-12-13-26(18-21)23(27)22(19-8-4-2-5-9-19)20-10-6-3-7-11-20/h2-11,21-22H,12-18H2,1H3. The van der Waals surface area contributed by atoms with Gasteiger partial charge in [0.25, 0.3) is 0 Å². The number of piperazine rings is 1. The molecule has 1 atom stereocenters. The molecule has 2 saturated heterocycles. The number of amides is 1. The second-order valence-corrected chi connectivity index (χ2v) is 7.82. The second-order valence-electron chi connectivity index (χ2n) is 7.82. The first kappa shape index (κ1) is 18.2. The summed E-state index contributed by atoms with van der Waals surface area (Å²) in [6.07, 6.45) is 1.09. The van der Waals surface area contributed by atoms with Crippen LogP contribution in [0.3, 0.4) is 0 Å². The molecule has 2 aliphatic rings. The van der Waals surface area contributed by atoms with Gasteiger partial charge in [0, 0.05) is 45.3 Å². The summed E-state index contributed by atoms with van der Waals surface area (Å²) < 4.78 is 0. The highest BCUT2D eigenvalue weighted by atomic mass is 16.2. The molecule has 1 unspecified atom stereocenters. The van der Waals surface area contributed by atoms with E-state index in [4.69, 9.17) is 0 Å². The number of likely N-dealkylation sites (tertiary alicyclic amines) is 1. The molecule has 4 heteroatoms. The van der Waals surface area contributed by atoms with E-state index in [2.05, 4.69) is 46.0 Å². The lowest BCUT2D eigenvalue weighted by Crippen LogP contribution is -2.50. The number of benzene rings is 2. The molecule has 0 saturated carbocycles. The van der Waals surface area contributed by atoms with Gasteiger partial charge in [0.2, 0.25) is 5.91 Å². The fourth-order valence-corrected chi connectivity index (χ4v) is 4.38. The number of hydrogen-bond donors (Lipinski definition) is 0. The zero-order valence-corrected chi connectivity index (χ0v) is 16.1. The Kier molecular flexibility index (Phi) is 5.55. The molecule has 0 aliphatic carbocycles. The predicted octanol–water partition coefficient (Wildman–Crippen LogP) is 2.67. The van der Waals surface area contributed by atoms with Crippen molar-refractivity contribution in [2.75, 3.05) is 46.3 Å². The number of nitrogens with zero attached hydrogens (tertiary/aromatic N) is 3. The van der Waals surface area contributed by atoms with E-state index in [1.54, 1.807) is 0 Å². The van der Waals surface area contributed by atoms with Crippen LogP contribution in [-0.2, 0) is 4.79 Å². The van der Waals surface area contributed by atoms with E-state index in [9.17, 15) is 4.79 Å². The summed E-state index contributed by atoms with van der Waals surface area (Å²) in [6.45, 7) is 6.21. The molecule has 2 fully saturated rings. The third-order valence-electron chi connectivity index (χ3n) is 6.04. The average Bonchev–Trinajstić information content (AvgIpc) is 3.21. The van der Waals surface area contributed by atoms with E-state index < -0.39 is 0 Å². The molecule has 0 radical (unpaired) electrons. The number of hydrogen-bond acceptors (Lipinski definition) is 3. The zero-order chi connectivity index (χ0) is 18.6. The molecule has 2 aromatic carbocycles. The number of carbonyl (C=O) groups is 1. The highest BCUT2D eigenvalue weighted by molar-refractivity contribution is 5.87. The fraction of sp³-hybridized carbons (Fsp3) is 0.435. The van der Waals surface area contributed by atoms with Crippen molar-refractivity contribution in [3.8, 4) is 0 Å². The SMILES string of the molecule is CN1CCN(C2CCN(C(=O)C(c3ccccc3)c3ccccc3)C2)CC1. The van der Waals surface area contributed by atoms with Crippen LogP contribution in [0.1, 0.15) is 23.5 Å². The molecule has 0 N–H and O–H groups in total. The summed E-state index contributed by atoms with van der Waals surface area (Å²) >= 11 is 0. The lowest BCUT2D eigenvalue weighted by Gasteiger charge is -2.36. The van der Waals surface area contributed by atoms with Crippen molar-refractivity contribution in [3.63, 3.8) is 0 Å². The normalized spacial score (nSPS) is 21.7. The first-order valence-corrected chi connectivity index (χ1v) is 10.0. The van der Waals surface area contributed by atoms with Crippen LogP contribution in [0.5, 0.6) is 0 Å². The van der Waals surface area contributed by atoms with Gasteiger partial charge in [0.15, 0.2) is 0 Å². The van der Waals surface area contributed by atoms with Gasteiger partial charge in [-0.05, 0) is 24.6 Å². The molecule has 1 amide bonds. The van der Waals surface area contributed by atoms with Gasteiger partial charge in [0.05, 0.1) is 5.92 Å². The number of carbonyl (C=O) groups excluding carboxylic acids is 1. The van der Waals surface area contributed by atoms with Crippen molar-refractivity contribution in [2.45, 2.75) is 18.4 Å². The minimum atomic E-state index is -0.210. The summed E-state index contributed by atoms with van der Waals surface area (Å²) in [5.41, 5.74) is 2.16. The third kappa shape index (κ3) is 4.07. The van der Waals surface area contributed by atoms with Gasteiger partial charge in [-0.1, -0.05) is 60.7 Å². The van der Waals surface area contributed by atoms with Crippen molar-refractivity contribution in [1.29, 1.82) is 0 Å². The molecule has 142 valence electrons. The molecule has 4 nitrogen and oxygen atoms in total. The summed E-state index contributed by atoms with van der Waals surface area (Å²) in [6, 6.07) is 20.9. The number of rotatable bonds is 4. The maximum atomic E-state index is 13.5. The first-order valence-electron chi connectivity index (χ1n) is 10.0. The van der Waals surface area contributed by atoms with E-state index in [-0.39, 0.29) is 11.8 Å². The monoisotopic (exact) mass is 363 g/mol. The summed E-state index contributed by atoms with van der Waals surface area (Å²) in [7, 11) is 2.19. The van der Waals surface area contributed by atoms with Gasteiger partial charge in [-0.2, -0.15) is 0 Å². The van der Waals surface area contributed by atoms with E-state index in [1.807, 2.05) is 36.4 Å². The minimum Gasteiger partial charge on any atom is -0.340 e. The third-order valence-corrected chi connectivity index (χ3v) is 6.04. The van der Waals surface area contributed by atoms with E-state index in [1.165, 1.54) is 0 Å². The van der Waals surface area contributed by atoms with Crippen molar-refractivity contribution < 1.29 is 4.79 Å². The van der Waals surface area contributed by atoms with E-state index >= 15 is 0 Å². The van der Waals surface area contributed by atoms with Gasteiger partial charge in [0.1, 0.15) is 0 Å². The van der Waals surface area contributed by atoms with Crippen molar-refractivity contribution >= 4 is 5.91 Å². The van der Waals surface area contributed by atoms with Crippen molar-refractivity contribution in [1.82, 2.24) is 14.7 Å². The highest BCUT2D eigenvalue weighted by Gasteiger charge is 2.35. The van der Waals surface area contributed by atoms with E-state index in [0.717, 1.165) is 56.8 Å². The minimum absolute atomic E-state index is 0.210. The lowest BCUT2D eigenvalue weighted by molar-refractivity contribution is -0.131. The summed E-state index contributed by atoms with van der Waals surface area (Å²) in [4.78, 5) is 20.6. The van der Waals surface area contributed by atoms with Gasteiger partial charge in [-0.25, -0.2) is 0 Å². The van der Waals surface area contributed by atoms with Crippen molar-refractivity contribution in [3.05, 3.63) is 71.8 Å². The first-order chi connectivity index (χ1) is 13.2. The Hall–Kier alpha value is -2.17. The van der Waals surface area contributed by atoms with Crippen LogP contribution in [0.2, 0.25) is 0 Å². The Morgan fingerprint density at radius 3 is 1.96 bits per heavy atom. The van der Waals surface area contributed by atoms with Crippen LogP contribution < -0.4 is 0 Å². The van der Waals surface area contributed by atoms with Crippen LogP contribution >= 0.6 is 0 Å².